The molecule has 108 valence electrons. The molecule has 1 aromatic carbocycles. The molecule has 0 spiro atoms. The summed E-state index contributed by atoms with van der Waals surface area (Å²) in [5.74, 6) is 0.631. The van der Waals surface area contributed by atoms with Gasteiger partial charge in [-0.05, 0) is 29.1 Å². The van der Waals surface area contributed by atoms with Crippen molar-refractivity contribution in [3.8, 4) is 0 Å². The highest BCUT2D eigenvalue weighted by Gasteiger charge is 2.10. The van der Waals surface area contributed by atoms with Gasteiger partial charge < -0.3 is 0 Å². The van der Waals surface area contributed by atoms with Crippen molar-refractivity contribution in [2.24, 2.45) is 7.05 Å². The molecule has 7 heteroatoms. The van der Waals surface area contributed by atoms with Crippen LogP contribution in [0.3, 0.4) is 0 Å². The summed E-state index contributed by atoms with van der Waals surface area (Å²) in [6.45, 7) is 0. The largest absolute Gasteiger partial charge is 0.290 e. The summed E-state index contributed by atoms with van der Waals surface area (Å²) in [5.41, 5.74) is 1.69. The molecule has 0 unspecified atom stereocenters. The molecule has 0 atom stereocenters. The number of fused-ring (bicyclic) bond motifs is 1. The Kier molecular flexibility index (Phi) is 4.26. The monoisotopic (exact) mass is 356 g/mol. The van der Waals surface area contributed by atoms with Gasteiger partial charge in [-0.2, -0.15) is 0 Å². The number of rotatable bonds is 3. The topological polar surface area (TPSA) is 34.9 Å². The molecule has 3 rings (SSSR count). The van der Waals surface area contributed by atoms with E-state index in [-0.39, 0.29) is 5.56 Å². The van der Waals surface area contributed by atoms with Crippen LogP contribution >= 0.6 is 46.3 Å². The van der Waals surface area contributed by atoms with Crippen molar-refractivity contribution in [3.05, 3.63) is 55.6 Å². The first-order chi connectivity index (χ1) is 10.1. The highest BCUT2D eigenvalue weighted by molar-refractivity contribution is 7.98. The van der Waals surface area contributed by atoms with E-state index in [0.29, 0.717) is 25.7 Å². The van der Waals surface area contributed by atoms with Gasteiger partial charge in [0.15, 0.2) is 5.16 Å². The van der Waals surface area contributed by atoms with Crippen LogP contribution in [0.1, 0.15) is 5.56 Å². The molecule has 2 aromatic heterocycles. The van der Waals surface area contributed by atoms with E-state index in [1.165, 1.54) is 23.1 Å². The predicted octanol–water partition coefficient (Wildman–Crippen LogP) is 4.59. The maximum atomic E-state index is 12.2. The summed E-state index contributed by atoms with van der Waals surface area (Å²) < 4.78 is 2.26. The quantitative estimate of drug-likeness (QED) is 0.508. The highest BCUT2D eigenvalue weighted by atomic mass is 35.5. The van der Waals surface area contributed by atoms with Crippen LogP contribution in [0.25, 0.3) is 10.2 Å². The minimum atomic E-state index is -0.0142. The van der Waals surface area contributed by atoms with Crippen LogP contribution in [0.2, 0.25) is 10.0 Å². The lowest BCUT2D eigenvalue weighted by molar-refractivity contribution is 0.728. The highest BCUT2D eigenvalue weighted by Crippen LogP contribution is 2.28. The van der Waals surface area contributed by atoms with Crippen LogP contribution in [0.5, 0.6) is 0 Å². The summed E-state index contributed by atoms with van der Waals surface area (Å²) in [4.78, 5) is 16.7. The molecule has 0 bridgehead atoms. The lowest BCUT2D eigenvalue weighted by Gasteiger charge is -2.08. The lowest BCUT2D eigenvalue weighted by Crippen LogP contribution is -2.18. The van der Waals surface area contributed by atoms with Gasteiger partial charge in [-0.15, -0.1) is 11.3 Å². The Morgan fingerprint density at radius 3 is 2.90 bits per heavy atom. The average molecular weight is 357 g/mol. The third-order valence-electron chi connectivity index (χ3n) is 3.02. The van der Waals surface area contributed by atoms with Crippen LogP contribution in [0, 0.1) is 0 Å². The zero-order valence-electron chi connectivity index (χ0n) is 11.0. The molecule has 3 aromatic rings. The minimum Gasteiger partial charge on any atom is -0.290 e. The molecular weight excluding hydrogens is 347 g/mol. The van der Waals surface area contributed by atoms with E-state index in [4.69, 9.17) is 23.2 Å². The molecule has 0 radical (unpaired) electrons. The summed E-state index contributed by atoms with van der Waals surface area (Å²) in [6, 6.07) is 7.27. The summed E-state index contributed by atoms with van der Waals surface area (Å²) in [5, 5.41) is 3.79. The number of benzene rings is 1. The molecule has 0 amide bonds. The second-order valence-corrected chi connectivity index (χ2v) is 7.12. The van der Waals surface area contributed by atoms with Crippen molar-refractivity contribution in [2.75, 3.05) is 0 Å². The van der Waals surface area contributed by atoms with Crippen molar-refractivity contribution < 1.29 is 0 Å². The van der Waals surface area contributed by atoms with Gasteiger partial charge in [-0.3, -0.25) is 9.36 Å². The van der Waals surface area contributed by atoms with Crippen molar-refractivity contribution in [1.29, 1.82) is 0 Å². The fourth-order valence-electron chi connectivity index (χ4n) is 1.88. The number of aromatic nitrogens is 2. The molecule has 0 aliphatic heterocycles. The van der Waals surface area contributed by atoms with Crippen molar-refractivity contribution in [3.63, 3.8) is 0 Å². The Morgan fingerprint density at radius 1 is 1.33 bits per heavy atom. The van der Waals surface area contributed by atoms with Crippen LogP contribution in [0.15, 0.2) is 39.6 Å². The third kappa shape index (κ3) is 2.97. The molecule has 21 heavy (non-hydrogen) atoms. The number of hydrogen-bond acceptors (Lipinski definition) is 4. The Morgan fingerprint density at radius 2 is 2.14 bits per heavy atom. The smallest absolute Gasteiger partial charge is 0.271 e. The Labute approximate surface area is 139 Å². The van der Waals surface area contributed by atoms with E-state index in [9.17, 15) is 4.79 Å². The van der Waals surface area contributed by atoms with Crippen molar-refractivity contribution >= 4 is 56.5 Å². The fraction of sp³-hybridized carbons (Fsp3) is 0.143. The zero-order valence-corrected chi connectivity index (χ0v) is 14.1. The lowest BCUT2D eigenvalue weighted by atomic mass is 10.2. The van der Waals surface area contributed by atoms with Gasteiger partial charge in [0.25, 0.3) is 5.56 Å². The van der Waals surface area contributed by atoms with Crippen molar-refractivity contribution in [1.82, 2.24) is 9.55 Å². The van der Waals surface area contributed by atoms with Crippen LogP contribution < -0.4 is 5.56 Å². The molecule has 0 aliphatic rings. The van der Waals surface area contributed by atoms with Gasteiger partial charge in [0, 0.05) is 22.8 Å². The number of hydrogen-bond donors (Lipinski definition) is 0. The molecule has 2 heterocycles. The Bertz CT molecular complexity index is 873. The molecule has 0 N–H and O–H groups in total. The third-order valence-corrected chi connectivity index (χ3v) is 5.58. The number of thioether (sulfide) groups is 1. The first-order valence-corrected chi connectivity index (χ1v) is 8.69. The van der Waals surface area contributed by atoms with Crippen LogP contribution in [-0.4, -0.2) is 9.55 Å². The van der Waals surface area contributed by atoms with Gasteiger partial charge in [-0.1, -0.05) is 41.0 Å². The molecule has 0 aliphatic carbocycles. The SMILES string of the molecule is Cn1c(SCc2ccc(Cl)cc2Cl)nc2ccsc2c1=O. The van der Waals surface area contributed by atoms with Gasteiger partial charge >= 0.3 is 0 Å². The Hall–Kier alpha value is -1.01. The average Bonchev–Trinajstić information content (AvgIpc) is 2.91. The van der Waals surface area contributed by atoms with Gasteiger partial charge in [0.2, 0.25) is 0 Å². The summed E-state index contributed by atoms with van der Waals surface area (Å²) in [6.07, 6.45) is 0. The Balaban J connectivity index is 1.91. The van der Waals surface area contributed by atoms with E-state index in [1.54, 1.807) is 23.7 Å². The molecule has 3 nitrogen and oxygen atoms in total. The van der Waals surface area contributed by atoms with Crippen LogP contribution in [-0.2, 0) is 12.8 Å². The van der Waals surface area contributed by atoms with E-state index in [2.05, 4.69) is 4.98 Å². The van der Waals surface area contributed by atoms with Gasteiger partial charge in [0.1, 0.15) is 4.70 Å². The number of thiophene rings is 1. The molecule has 0 fully saturated rings. The van der Waals surface area contributed by atoms with E-state index in [1.807, 2.05) is 17.5 Å². The van der Waals surface area contributed by atoms with Gasteiger partial charge in [-0.25, -0.2) is 4.98 Å². The molecular formula is C14H10Cl2N2OS2. The molecule has 0 saturated heterocycles. The second-order valence-electron chi connectivity index (χ2n) is 4.42. The number of nitrogens with zero attached hydrogens (tertiary/aromatic N) is 2. The number of halogens is 2. The summed E-state index contributed by atoms with van der Waals surface area (Å²) in [7, 11) is 1.74. The van der Waals surface area contributed by atoms with Crippen LogP contribution in [0.4, 0.5) is 0 Å². The summed E-state index contributed by atoms with van der Waals surface area (Å²) >= 11 is 14.9. The second kappa shape index (κ2) is 6.01. The van der Waals surface area contributed by atoms with Gasteiger partial charge in [0.05, 0.1) is 5.52 Å². The maximum Gasteiger partial charge on any atom is 0.271 e. The van der Waals surface area contributed by atoms with E-state index in [0.717, 1.165) is 11.1 Å². The maximum absolute atomic E-state index is 12.2. The van der Waals surface area contributed by atoms with Crippen molar-refractivity contribution in [2.45, 2.75) is 10.9 Å². The minimum absolute atomic E-state index is 0.0142. The first kappa shape index (κ1) is 14.9. The van der Waals surface area contributed by atoms with E-state index >= 15 is 0 Å². The zero-order chi connectivity index (χ0) is 15.0. The fourth-order valence-corrected chi connectivity index (χ4v) is 4.21. The van der Waals surface area contributed by atoms with E-state index < -0.39 is 0 Å². The molecule has 0 saturated carbocycles. The standard InChI is InChI=1S/C14H10Cl2N2OS2/c1-18-13(19)12-11(4-5-20-12)17-14(18)21-7-8-2-3-9(15)6-10(8)16/h2-6H,7H2,1H3. The predicted molar refractivity (Wildman–Crippen MR) is 90.9 cm³/mol. The normalized spacial score (nSPS) is 11.2. The first-order valence-electron chi connectivity index (χ1n) is 6.07.